The van der Waals surface area contributed by atoms with Gasteiger partial charge >= 0.3 is 5.97 Å². The number of ether oxygens (including phenoxy) is 2. The molecule has 5 nitrogen and oxygen atoms in total. The fraction of sp³-hybridized carbons (Fsp3) is 0.182. The van der Waals surface area contributed by atoms with E-state index in [0.717, 1.165) is 21.9 Å². The third kappa shape index (κ3) is 3.08. The summed E-state index contributed by atoms with van der Waals surface area (Å²) in [5.41, 5.74) is 1.55. The average Bonchev–Trinajstić information content (AvgIpc) is 2.67. The summed E-state index contributed by atoms with van der Waals surface area (Å²) in [6, 6.07) is 15.9. The summed E-state index contributed by atoms with van der Waals surface area (Å²) in [5.74, 6) is -1.51. The molecule has 142 valence electrons. The monoisotopic (exact) mass is 395 g/mol. The molecule has 0 amide bonds. The molecule has 2 atom stereocenters. The first-order valence-electron chi connectivity index (χ1n) is 8.93. The van der Waals surface area contributed by atoms with Crippen molar-refractivity contribution in [1.82, 2.24) is 0 Å². The first-order valence-corrected chi connectivity index (χ1v) is 9.31. The number of fused-ring (bicyclic) bond motifs is 3. The van der Waals surface area contributed by atoms with Gasteiger partial charge in [0.2, 0.25) is 5.90 Å². The zero-order valence-corrected chi connectivity index (χ0v) is 15.9. The molecule has 28 heavy (non-hydrogen) atoms. The quantitative estimate of drug-likeness (QED) is 0.619. The van der Waals surface area contributed by atoms with Gasteiger partial charge in [-0.25, -0.2) is 0 Å². The Labute approximate surface area is 167 Å². The largest absolute Gasteiger partial charge is 0.508 e. The molecule has 6 heteroatoms. The number of phenolic OH excluding ortho intramolecular Hbond substituents is 1. The average molecular weight is 396 g/mol. The second kappa shape index (κ2) is 7.17. The van der Waals surface area contributed by atoms with Crippen LogP contribution >= 0.6 is 11.6 Å². The van der Waals surface area contributed by atoms with Crippen LogP contribution < -0.4 is 4.74 Å². The molecule has 0 aromatic heterocycles. The fourth-order valence-corrected chi connectivity index (χ4v) is 3.85. The van der Waals surface area contributed by atoms with Crippen molar-refractivity contribution >= 4 is 34.2 Å². The second-order valence-electron chi connectivity index (χ2n) is 6.61. The zero-order valence-electron chi connectivity index (χ0n) is 15.1. The number of nitrogens with one attached hydrogen (secondary N) is 1. The molecule has 2 unspecified atom stereocenters. The van der Waals surface area contributed by atoms with Crippen LogP contribution in [0.2, 0.25) is 5.02 Å². The van der Waals surface area contributed by atoms with Crippen LogP contribution in [0.5, 0.6) is 11.5 Å². The van der Waals surface area contributed by atoms with Crippen LogP contribution in [-0.4, -0.2) is 23.6 Å². The Balaban J connectivity index is 2.00. The Morgan fingerprint density at radius 2 is 1.89 bits per heavy atom. The lowest BCUT2D eigenvalue weighted by molar-refractivity contribution is -0.146. The molecule has 0 saturated heterocycles. The van der Waals surface area contributed by atoms with E-state index in [1.807, 2.05) is 24.3 Å². The van der Waals surface area contributed by atoms with Gasteiger partial charge in [-0.1, -0.05) is 35.9 Å². The Morgan fingerprint density at radius 3 is 2.61 bits per heavy atom. The Bertz CT molecular complexity index is 1080. The predicted molar refractivity (Wildman–Crippen MR) is 107 cm³/mol. The highest BCUT2D eigenvalue weighted by atomic mass is 35.5. The van der Waals surface area contributed by atoms with Gasteiger partial charge in [0, 0.05) is 16.5 Å². The summed E-state index contributed by atoms with van der Waals surface area (Å²) in [5, 5.41) is 20.6. The second-order valence-corrected chi connectivity index (χ2v) is 7.04. The summed E-state index contributed by atoms with van der Waals surface area (Å²) in [4.78, 5) is 12.8. The van der Waals surface area contributed by atoms with Gasteiger partial charge in [-0.15, -0.1) is 0 Å². The number of benzene rings is 3. The molecule has 0 aliphatic carbocycles. The third-order valence-electron chi connectivity index (χ3n) is 4.92. The maximum Gasteiger partial charge on any atom is 0.319 e. The Hall–Kier alpha value is -3.05. The van der Waals surface area contributed by atoms with Crippen LogP contribution in [0.3, 0.4) is 0 Å². The van der Waals surface area contributed by atoms with Crippen molar-refractivity contribution in [2.24, 2.45) is 5.92 Å². The Kier molecular flexibility index (Phi) is 4.69. The fourth-order valence-electron chi connectivity index (χ4n) is 3.73. The van der Waals surface area contributed by atoms with E-state index in [2.05, 4.69) is 0 Å². The van der Waals surface area contributed by atoms with Crippen molar-refractivity contribution in [2.45, 2.75) is 12.8 Å². The number of carbonyl (C=O) groups is 1. The number of hydrogen-bond donors (Lipinski definition) is 2. The van der Waals surface area contributed by atoms with Gasteiger partial charge in [0.25, 0.3) is 0 Å². The van der Waals surface area contributed by atoms with E-state index in [1.54, 1.807) is 37.3 Å². The van der Waals surface area contributed by atoms with Gasteiger partial charge in [0.05, 0.1) is 6.61 Å². The molecule has 0 bridgehead atoms. The number of hydrogen-bond acceptors (Lipinski definition) is 5. The van der Waals surface area contributed by atoms with E-state index in [9.17, 15) is 9.90 Å². The van der Waals surface area contributed by atoms with E-state index in [4.69, 9.17) is 26.5 Å². The standard InChI is InChI=1S/C22H18ClNO4/c1-2-27-22(26)20-18(13-3-7-14(23)8-4-13)19-16-11-15(25)9-5-12(16)6-10-17(19)28-21(20)24/h3-11,18,20,24-25H,2H2,1H3. The number of carbonyl (C=O) groups excluding carboxylic acids is 1. The van der Waals surface area contributed by atoms with E-state index in [-0.39, 0.29) is 18.3 Å². The van der Waals surface area contributed by atoms with Gasteiger partial charge in [-0.3, -0.25) is 10.2 Å². The van der Waals surface area contributed by atoms with Crippen molar-refractivity contribution in [3.05, 3.63) is 70.7 Å². The van der Waals surface area contributed by atoms with Crippen LogP contribution in [0.15, 0.2) is 54.6 Å². The van der Waals surface area contributed by atoms with E-state index < -0.39 is 17.8 Å². The number of esters is 1. The summed E-state index contributed by atoms with van der Waals surface area (Å²) in [6.07, 6.45) is 0. The van der Waals surface area contributed by atoms with Gasteiger partial charge in [0.1, 0.15) is 17.4 Å². The van der Waals surface area contributed by atoms with Crippen LogP contribution in [0.25, 0.3) is 10.8 Å². The van der Waals surface area contributed by atoms with Crippen LogP contribution in [0, 0.1) is 11.3 Å². The first-order chi connectivity index (χ1) is 13.5. The number of rotatable bonds is 3. The highest BCUT2D eigenvalue weighted by Crippen LogP contribution is 2.46. The topological polar surface area (TPSA) is 79.6 Å². The van der Waals surface area contributed by atoms with Gasteiger partial charge in [0.15, 0.2) is 0 Å². The van der Waals surface area contributed by atoms with Crippen molar-refractivity contribution in [3.8, 4) is 11.5 Å². The first kappa shape index (κ1) is 18.3. The molecule has 3 aromatic carbocycles. The number of aromatic hydroxyl groups is 1. The molecule has 1 heterocycles. The van der Waals surface area contributed by atoms with Crippen molar-refractivity contribution in [2.75, 3.05) is 6.61 Å². The molecule has 3 aromatic rings. The number of phenols is 1. The normalized spacial score (nSPS) is 18.4. The van der Waals surface area contributed by atoms with Crippen LogP contribution in [0.4, 0.5) is 0 Å². The molecule has 2 N–H and O–H groups in total. The molecule has 1 aliphatic rings. The summed E-state index contributed by atoms with van der Waals surface area (Å²) in [6.45, 7) is 1.93. The van der Waals surface area contributed by atoms with Gasteiger partial charge in [-0.05, 0) is 53.6 Å². The number of halogens is 1. The molecule has 4 rings (SSSR count). The van der Waals surface area contributed by atoms with Crippen molar-refractivity contribution < 1.29 is 19.4 Å². The molecular formula is C22H18ClNO4. The Morgan fingerprint density at radius 1 is 1.18 bits per heavy atom. The summed E-state index contributed by atoms with van der Waals surface area (Å²) < 4.78 is 11.0. The molecule has 0 fully saturated rings. The lowest BCUT2D eigenvalue weighted by Gasteiger charge is -2.33. The van der Waals surface area contributed by atoms with Crippen molar-refractivity contribution in [3.63, 3.8) is 0 Å². The van der Waals surface area contributed by atoms with Crippen LogP contribution in [-0.2, 0) is 9.53 Å². The zero-order chi connectivity index (χ0) is 19.8. The predicted octanol–water partition coefficient (Wildman–Crippen LogP) is 4.88. The molecule has 0 saturated carbocycles. The summed E-state index contributed by atoms with van der Waals surface area (Å²) >= 11 is 6.05. The molecule has 1 aliphatic heterocycles. The summed E-state index contributed by atoms with van der Waals surface area (Å²) in [7, 11) is 0. The molecule has 0 spiro atoms. The van der Waals surface area contributed by atoms with Crippen molar-refractivity contribution in [1.29, 1.82) is 5.41 Å². The minimum absolute atomic E-state index is 0.115. The van der Waals surface area contributed by atoms with Gasteiger partial charge < -0.3 is 14.6 Å². The minimum Gasteiger partial charge on any atom is -0.508 e. The molecular weight excluding hydrogens is 378 g/mol. The highest BCUT2D eigenvalue weighted by molar-refractivity contribution is 6.30. The highest BCUT2D eigenvalue weighted by Gasteiger charge is 2.43. The van der Waals surface area contributed by atoms with E-state index in [0.29, 0.717) is 10.8 Å². The third-order valence-corrected chi connectivity index (χ3v) is 5.18. The van der Waals surface area contributed by atoms with Gasteiger partial charge in [-0.2, -0.15) is 0 Å². The lowest BCUT2D eigenvalue weighted by atomic mass is 9.76. The smallest absolute Gasteiger partial charge is 0.319 e. The van der Waals surface area contributed by atoms with Crippen LogP contribution in [0.1, 0.15) is 24.0 Å². The lowest BCUT2D eigenvalue weighted by Crippen LogP contribution is -2.38. The maximum absolute atomic E-state index is 12.8. The molecule has 0 radical (unpaired) electrons. The SMILES string of the molecule is CCOC(=O)C1C(=N)Oc2ccc3ccc(O)cc3c2C1c1ccc(Cl)cc1. The maximum atomic E-state index is 12.8. The van der Waals surface area contributed by atoms with E-state index >= 15 is 0 Å². The minimum atomic E-state index is -0.929. The van der Waals surface area contributed by atoms with E-state index in [1.165, 1.54) is 0 Å².